The van der Waals surface area contributed by atoms with Gasteiger partial charge in [-0.2, -0.15) is 0 Å². The average molecular weight is 343 g/mol. The Morgan fingerprint density at radius 2 is 1.72 bits per heavy atom. The summed E-state index contributed by atoms with van der Waals surface area (Å²) < 4.78 is 13.8. The van der Waals surface area contributed by atoms with Crippen LogP contribution in [-0.4, -0.2) is 17.7 Å². The molecule has 0 fully saturated rings. The molecule has 3 amide bonds. The van der Waals surface area contributed by atoms with Crippen molar-refractivity contribution < 1.29 is 18.8 Å². The number of anilines is 2. The molecule has 0 saturated heterocycles. The summed E-state index contributed by atoms with van der Waals surface area (Å²) >= 11 is 0. The summed E-state index contributed by atoms with van der Waals surface area (Å²) in [5.74, 6) is -1.94. The summed E-state index contributed by atoms with van der Waals surface area (Å²) in [5, 5.41) is 5.22. The zero-order valence-corrected chi connectivity index (χ0v) is 13.9. The molecule has 0 aliphatic carbocycles. The first-order valence-electron chi connectivity index (χ1n) is 7.52. The molecule has 0 saturated carbocycles. The normalized spacial score (nSPS) is 10.2. The van der Waals surface area contributed by atoms with E-state index in [9.17, 15) is 18.8 Å². The molecule has 0 spiro atoms. The number of primary amides is 1. The predicted molar refractivity (Wildman–Crippen MR) is 92.7 cm³/mol. The molecule has 25 heavy (non-hydrogen) atoms. The molecule has 6 nitrogen and oxygen atoms in total. The van der Waals surface area contributed by atoms with Crippen molar-refractivity contribution in [3.05, 3.63) is 58.9 Å². The van der Waals surface area contributed by atoms with Gasteiger partial charge in [0.25, 0.3) is 0 Å². The molecule has 0 aliphatic rings. The van der Waals surface area contributed by atoms with Crippen LogP contribution in [0.1, 0.15) is 28.4 Å². The number of halogens is 1. The largest absolute Gasteiger partial charge is 0.366 e. The summed E-state index contributed by atoms with van der Waals surface area (Å²) in [6.07, 6.45) is 0.0577. The van der Waals surface area contributed by atoms with Gasteiger partial charge in [-0.3, -0.25) is 14.4 Å². The zero-order valence-electron chi connectivity index (χ0n) is 13.9. The van der Waals surface area contributed by atoms with E-state index in [1.165, 1.54) is 19.9 Å². The second kappa shape index (κ2) is 7.57. The van der Waals surface area contributed by atoms with Crippen LogP contribution < -0.4 is 16.4 Å². The lowest BCUT2D eigenvalue weighted by atomic mass is 10.1. The zero-order chi connectivity index (χ0) is 18.6. The minimum absolute atomic E-state index is 0.0157. The lowest BCUT2D eigenvalue weighted by Gasteiger charge is -2.11. The number of nitrogens with two attached hydrogens (primary N) is 1. The van der Waals surface area contributed by atoms with Crippen LogP contribution in [0.15, 0.2) is 36.4 Å². The van der Waals surface area contributed by atoms with Gasteiger partial charge in [-0.25, -0.2) is 4.39 Å². The number of benzene rings is 2. The Hall–Kier alpha value is -3.22. The summed E-state index contributed by atoms with van der Waals surface area (Å²) in [6, 6.07) is 9.16. The standard InChI is InChI=1S/C18H18FN3O3/c1-10-15(19)8-13(18(20)25)9-16(10)22-17(24)7-12-3-5-14(6-4-12)21-11(2)23/h3-6,8-9H,7H2,1-2H3,(H2,20,25)(H,21,23)(H,22,24). The first-order chi connectivity index (χ1) is 11.8. The van der Waals surface area contributed by atoms with Crippen molar-refractivity contribution >= 4 is 29.1 Å². The highest BCUT2D eigenvalue weighted by atomic mass is 19.1. The maximum absolute atomic E-state index is 13.8. The van der Waals surface area contributed by atoms with E-state index in [0.29, 0.717) is 5.69 Å². The van der Waals surface area contributed by atoms with Crippen LogP contribution in [0.25, 0.3) is 0 Å². The molecule has 2 aromatic rings. The summed E-state index contributed by atoms with van der Waals surface area (Å²) in [4.78, 5) is 34.4. The van der Waals surface area contributed by atoms with Gasteiger partial charge in [0, 0.05) is 29.4 Å². The topological polar surface area (TPSA) is 101 Å². The Balaban J connectivity index is 2.10. The molecule has 0 heterocycles. The van der Waals surface area contributed by atoms with Crippen LogP contribution >= 0.6 is 0 Å². The highest BCUT2D eigenvalue weighted by Gasteiger charge is 2.13. The van der Waals surface area contributed by atoms with Crippen molar-refractivity contribution in [2.75, 3.05) is 10.6 Å². The molecule has 0 aliphatic heterocycles. The number of carbonyl (C=O) groups excluding carboxylic acids is 3. The first kappa shape index (κ1) is 18.1. The van der Waals surface area contributed by atoms with E-state index in [2.05, 4.69) is 10.6 Å². The number of rotatable bonds is 5. The fourth-order valence-corrected chi connectivity index (χ4v) is 2.24. The number of amides is 3. The Kier molecular flexibility index (Phi) is 5.49. The fourth-order valence-electron chi connectivity index (χ4n) is 2.24. The molecule has 2 aromatic carbocycles. The van der Waals surface area contributed by atoms with Crippen molar-refractivity contribution in [1.29, 1.82) is 0 Å². The minimum Gasteiger partial charge on any atom is -0.366 e. The van der Waals surface area contributed by atoms with Gasteiger partial charge in [-0.1, -0.05) is 12.1 Å². The Bertz CT molecular complexity index is 832. The fraction of sp³-hybridized carbons (Fsp3) is 0.167. The van der Waals surface area contributed by atoms with Crippen LogP contribution in [0.4, 0.5) is 15.8 Å². The van der Waals surface area contributed by atoms with Gasteiger partial charge >= 0.3 is 0 Å². The lowest BCUT2D eigenvalue weighted by Crippen LogP contribution is -2.17. The maximum Gasteiger partial charge on any atom is 0.248 e. The van der Waals surface area contributed by atoms with Crippen molar-refractivity contribution in [2.45, 2.75) is 20.3 Å². The maximum atomic E-state index is 13.8. The number of hydrogen-bond acceptors (Lipinski definition) is 3. The molecule has 4 N–H and O–H groups in total. The molecule has 0 aromatic heterocycles. The van der Waals surface area contributed by atoms with Crippen molar-refractivity contribution in [3.8, 4) is 0 Å². The van der Waals surface area contributed by atoms with Gasteiger partial charge in [0.2, 0.25) is 17.7 Å². The lowest BCUT2D eigenvalue weighted by molar-refractivity contribution is -0.116. The van der Waals surface area contributed by atoms with Gasteiger partial charge in [0.1, 0.15) is 5.82 Å². The molecule has 0 unspecified atom stereocenters. The van der Waals surface area contributed by atoms with Gasteiger partial charge in [0.15, 0.2) is 0 Å². The van der Waals surface area contributed by atoms with Crippen molar-refractivity contribution in [3.63, 3.8) is 0 Å². The summed E-state index contributed by atoms with van der Waals surface area (Å²) in [6.45, 7) is 2.90. The van der Waals surface area contributed by atoms with E-state index in [1.54, 1.807) is 24.3 Å². The van der Waals surface area contributed by atoms with E-state index >= 15 is 0 Å². The Morgan fingerprint density at radius 1 is 1.08 bits per heavy atom. The highest BCUT2D eigenvalue weighted by molar-refractivity contribution is 5.97. The number of carbonyl (C=O) groups is 3. The smallest absolute Gasteiger partial charge is 0.248 e. The molecule has 7 heteroatoms. The van der Waals surface area contributed by atoms with Crippen LogP contribution in [0.3, 0.4) is 0 Å². The molecular formula is C18H18FN3O3. The van der Waals surface area contributed by atoms with E-state index < -0.39 is 11.7 Å². The van der Waals surface area contributed by atoms with E-state index in [1.807, 2.05) is 0 Å². The van der Waals surface area contributed by atoms with Crippen LogP contribution in [0.2, 0.25) is 0 Å². The second-order valence-corrected chi connectivity index (χ2v) is 5.60. The van der Waals surface area contributed by atoms with Gasteiger partial charge in [-0.15, -0.1) is 0 Å². The third-order valence-electron chi connectivity index (χ3n) is 3.54. The molecule has 0 radical (unpaired) electrons. The summed E-state index contributed by atoms with van der Waals surface area (Å²) in [7, 11) is 0. The second-order valence-electron chi connectivity index (χ2n) is 5.60. The summed E-state index contributed by atoms with van der Waals surface area (Å²) in [5.41, 5.74) is 6.91. The third-order valence-corrected chi connectivity index (χ3v) is 3.54. The number of hydrogen-bond donors (Lipinski definition) is 3. The van der Waals surface area contributed by atoms with Gasteiger partial charge in [-0.05, 0) is 36.8 Å². The Labute approximate surface area is 144 Å². The van der Waals surface area contributed by atoms with E-state index in [0.717, 1.165) is 11.6 Å². The van der Waals surface area contributed by atoms with E-state index in [4.69, 9.17) is 5.73 Å². The third kappa shape index (κ3) is 4.87. The van der Waals surface area contributed by atoms with Crippen molar-refractivity contribution in [1.82, 2.24) is 0 Å². The molecule has 130 valence electrons. The minimum atomic E-state index is -0.775. The van der Waals surface area contributed by atoms with Gasteiger partial charge in [0.05, 0.1) is 6.42 Å². The van der Waals surface area contributed by atoms with Crippen LogP contribution in [0, 0.1) is 12.7 Å². The SMILES string of the molecule is CC(=O)Nc1ccc(CC(=O)Nc2cc(C(N)=O)cc(F)c2C)cc1. The molecule has 0 atom stereocenters. The highest BCUT2D eigenvalue weighted by Crippen LogP contribution is 2.21. The monoisotopic (exact) mass is 343 g/mol. The van der Waals surface area contributed by atoms with E-state index in [-0.39, 0.29) is 35.0 Å². The Morgan fingerprint density at radius 3 is 2.28 bits per heavy atom. The molecule has 2 rings (SSSR count). The van der Waals surface area contributed by atoms with Gasteiger partial charge < -0.3 is 16.4 Å². The number of nitrogens with one attached hydrogen (secondary N) is 2. The quantitative estimate of drug-likeness (QED) is 0.777. The van der Waals surface area contributed by atoms with Crippen molar-refractivity contribution in [2.24, 2.45) is 5.73 Å². The molecule has 0 bridgehead atoms. The average Bonchev–Trinajstić information content (AvgIpc) is 2.52. The van der Waals surface area contributed by atoms with Crippen LogP contribution in [-0.2, 0) is 16.0 Å². The first-order valence-corrected chi connectivity index (χ1v) is 7.52. The molecular weight excluding hydrogens is 325 g/mol. The predicted octanol–water partition coefficient (Wildman–Crippen LogP) is 2.37. The van der Waals surface area contributed by atoms with Crippen LogP contribution in [0.5, 0.6) is 0 Å².